The maximum atomic E-state index is 12.2. The summed E-state index contributed by atoms with van der Waals surface area (Å²) in [5.74, 6) is 0.000230. The van der Waals surface area contributed by atoms with E-state index in [4.69, 9.17) is 0 Å². The molecule has 1 aliphatic rings. The zero-order valence-corrected chi connectivity index (χ0v) is 12.6. The molecule has 19 heavy (non-hydrogen) atoms. The van der Waals surface area contributed by atoms with Crippen molar-refractivity contribution in [2.24, 2.45) is 5.41 Å². The molecule has 1 amide bonds. The Morgan fingerprint density at radius 2 is 2.05 bits per heavy atom. The molecule has 1 saturated carbocycles. The lowest BCUT2D eigenvalue weighted by Gasteiger charge is -2.35. The Bertz CT molecular complexity index is 447. The van der Waals surface area contributed by atoms with E-state index in [1.54, 1.807) is 11.3 Å². The van der Waals surface area contributed by atoms with Crippen molar-refractivity contribution in [2.75, 3.05) is 13.2 Å². The quantitative estimate of drug-likeness (QED) is 0.891. The molecule has 0 unspecified atom stereocenters. The summed E-state index contributed by atoms with van der Waals surface area (Å²) in [6, 6.07) is 1.95. The van der Waals surface area contributed by atoms with Crippen molar-refractivity contribution in [1.29, 1.82) is 0 Å². The molecule has 4 heteroatoms. The molecule has 2 rings (SSSR count). The van der Waals surface area contributed by atoms with Crippen LogP contribution in [0.2, 0.25) is 0 Å². The van der Waals surface area contributed by atoms with Gasteiger partial charge in [0.25, 0.3) is 5.91 Å². The Kier molecular flexibility index (Phi) is 4.63. The van der Waals surface area contributed by atoms with E-state index in [-0.39, 0.29) is 17.9 Å². The fourth-order valence-corrected chi connectivity index (χ4v) is 3.83. The number of nitrogens with one attached hydrogen (secondary N) is 1. The highest BCUT2D eigenvalue weighted by Crippen LogP contribution is 2.35. The van der Waals surface area contributed by atoms with Crippen LogP contribution in [-0.2, 0) is 0 Å². The van der Waals surface area contributed by atoms with Gasteiger partial charge < -0.3 is 10.4 Å². The van der Waals surface area contributed by atoms with Crippen LogP contribution >= 0.6 is 11.3 Å². The van der Waals surface area contributed by atoms with Crippen LogP contribution in [-0.4, -0.2) is 24.2 Å². The van der Waals surface area contributed by atoms with E-state index in [1.165, 1.54) is 6.42 Å². The minimum Gasteiger partial charge on any atom is -0.396 e. The molecular formula is C15H23NO2S. The highest BCUT2D eigenvalue weighted by molar-refractivity contribution is 7.12. The molecule has 0 atom stereocenters. The standard InChI is InChI=1S/C15H23NO2S/c1-11-8-13(12(2)19-11)14(18)16-9-15(10-17)6-4-3-5-7-15/h8,17H,3-7,9-10H2,1-2H3,(H,16,18). The van der Waals surface area contributed by atoms with Gasteiger partial charge in [-0.2, -0.15) is 0 Å². The van der Waals surface area contributed by atoms with Crippen LogP contribution in [0, 0.1) is 19.3 Å². The Morgan fingerprint density at radius 3 is 2.58 bits per heavy atom. The van der Waals surface area contributed by atoms with Gasteiger partial charge in [0, 0.05) is 21.7 Å². The molecule has 2 N–H and O–H groups in total. The third-order valence-corrected chi connectivity index (χ3v) is 5.13. The van der Waals surface area contributed by atoms with Crippen LogP contribution in [0.15, 0.2) is 6.07 Å². The fraction of sp³-hybridized carbons (Fsp3) is 0.667. The van der Waals surface area contributed by atoms with Crippen molar-refractivity contribution in [3.8, 4) is 0 Å². The summed E-state index contributed by atoms with van der Waals surface area (Å²) in [6.45, 7) is 4.77. The second kappa shape index (κ2) is 6.06. The zero-order valence-electron chi connectivity index (χ0n) is 11.8. The molecule has 106 valence electrons. The van der Waals surface area contributed by atoms with E-state index in [0.717, 1.165) is 41.0 Å². The number of thiophene rings is 1. The maximum Gasteiger partial charge on any atom is 0.252 e. The van der Waals surface area contributed by atoms with Crippen LogP contribution in [0.5, 0.6) is 0 Å². The van der Waals surface area contributed by atoms with Gasteiger partial charge in [-0.05, 0) is 32.8 Å². The van der Waals surface area contributed by atoms with Gasteiger partial charge in [-0.3, -0.25) is 4.79 Å². The number of carbonyl (C=O) groups excluding carboxylic acids is 1. The number of hydrogen-bond acceptors (Lipinski definition) is 3. The Balaban J connectivity index is 1.97. The van der Waals surface area contributed by atoms with Gasteiger partial charge >= 0.3 is 0 Å². The lowest BCUT2D eigenvalue weighted by molar-refractivity contribution is 0.0718. The lowest BCUT2D eigenvalue weighted by Crippen LogP contribution is -2.41. The van der Waals surface area contributed by atoms with Crippen LogP contribution in [0.3, 0.4) is 0 Å². The van der Waals surface area contributed by atoms with Gasteiger partial charge in [0.15, 0.2) is 0 Å². The van der Waals surface area contributed by atoms with Crippen LogP contribution < -0.4 is 5.32 Å². The smallest absolute Gasteiger partial charge is 0.252 e. The van der Waals surface area contributed by atoms with E-state index in [1.807, 2.05) is 19.9 Å². The normalized spacial score (nSPS) is 18.3. The molecule has 0 aliphatic heterocycles. The first-order valence-corrected chi connectivity index (χ1v) is 7.84. The second-order valence-corrected chi connectivity index (χ2v) is 7.19. The summed E-state index contributed by atoms with van der Waals surface area (Å²) in [6.07, 6.45) is 5.61. The van der Waals surface area contributed by atoms with E-state index in [2.05, 4.69) is 5.32 Å². The molecule has 1 aromatic rings. The molecule has 0 bridgehead atoms. The predicted molar refractivity (Wildman–Crippen MR) is 78.7 cm³/mol. The van der Waals surface area contributed by atoms with Gasteiger partial charge in [0.1, 0.15) is 0 Å². The molecule has 0 spiro atoms. The highest BCUT2D eigenvalue weighted by atomic mass is 32.1. The van der Waals surface area contributed by atoms with E-state index >= 15 is 0 Å². The van der Waals surface area contributed by atoms with Crippen molar-refractivity contribution >= 4 is 17.2 Å². The summed E-state index contributed by atoms with van der Waals surface area (Å²) in [7, 11) is 0. The predicted octanol–water partition coefficient (Wildman–Crippen LogP) is 3.04. The number of carbonyl (C=O) groups is 1. The van der Waals surface area contributed by atoms with E-state index < -0.39 is 0 Å². The number of amides is 1. The first-order valence-electron chi connectivity index (χ1n) is 7.02. The second-order valence-electron chi connectivity index (χ2n) is 5.73. The van der Waals surface area contributed by atoms with Gasteiger partial charge in [-0.1, -0.05) is 19.3 Å². The Morgan fingerprint density at radius 1 is 1.37 bits per heavy atom. The minimum atomic E-state index is -0.0904. The van der Waals surface area contributed by atoms with E-state index in [0.29, 0.717) is 6.54 Å². The molecule has 1 fully saturated rings. The first-order chi connectivity index (χ1) is 9.06. The summed E-state index contributed by atoms with van der Waals surface area (Å²) in [5, 5.41) is 12.7. The molecular weight excluding hydrogens is 258 g/mol. The van der Waals surface area contributed by atoms with Gasteiger partial charge in [-0.15, -0.1) is 11.3 Å². The third-order valence-electron chi connectivity index (χ3n) is 4.16. The average Bonchev–Trinajstić information content (AvgIpc) is 2.76. The number of hydrogen-bond donors (Lipinski definition) is 2. The zero-order chi connectivity index (χ0) is 13.9. The SMILES string of the molecule is Cc1cc(C(=O)NCC2(CO)CCCCC2)c(C)s1. The molecule has 0 radical (unpaired) electrons. The first kappa shape index (κ1) is 14.5. The van der Waals surface area contributed by atoms with Crippen molar-refractivity contribution in [2.45, 2.75) is 46.0 Å². The molecule has 3 nitrogen and oxygen atoms in total. The van der Waals surface area contributed by atoms with Crippen molar-refractivity contribution in [3.05, 3.63) is 21.4 Å². The Hall–Kier alpha value is -0.870. The Labute approximate surface area is 119 Å². The van der Waals surface area contributed by atoms with Crippen molar-refractivity contribution in [3.63, 3.8) is 0 Å². The van der Waals surface area contributed by atoms with Gasteiger partial charge in [0.2, 0.25) is 0 Å². The number of aryl methyl sites for hydroxylation is 2. The summed E-state index contributed by atoms with van der Waals surface area (Å²) in [5.41, 5.74) is 0.693. The van der Waals surface area contributed by atoms with Crippen LogP contribution in [0.4, 0.5) is 0 Å². The average molecular weight is 281 g/mol. The van der Waals surface area contributed by atoms with Crippen LogP contribution in [0.1, 0.15) is 52.2 Å². The number of rotatable bonds is 4. The molecule has 0 saturated heterocycles. The minimum absolute atomic E-state index is 0.000230. The monoisotopic (exact) mass is 281 g/mol. The third kappa shape index (κ3) is 3.37. The van der Waals surface area contributed by atoms with E-state index in [9.17, 15) is 9.90 Å². The maximum absolute atomic E-state index is 12.2. The topological polar surface area (TPSA) is 49.3 Å². The molecule has 1 aliphatic carbocycles. The lowest BCUT2D eigenvalue weighted by atomic mass is 9.74. The molecule has 1 aromatic heterocycles. The summed E-state index contributed by atoms with van der Waals surface area (Å²) < 4.78 is 0. The fourth-order valence-electron chi connectivity index (χ4n) is 2.91. The highest BCUT2D eigenvalue weighted by Gasteiger charge is 2.31. The van der Waals surface area contributed by atoms with Crippen LogP contribution in [0.25, 0.3) is 0 Å². The van der Waals surface area contributed by atoms with Gasteiger partial charge in [0.05, 0.1) is 12.2 Å². The largest absolute Gasteiger partial charge is 0.396 e. The molecule has 0 aromatic carbocycles. The summed E-state index contributed by atoms with van der Waals surface area (Å²) >= 11 is 1.65. The summed E-state index contributed by atoms with van der Waals surface area (Å²) in [4.78, 5) is 14.4. The number of aliphatic hydroxyl groups excluding tert-OH is 1. The van der Waals surface area contributed by atoms with Gasteiger partial charge in [-0.25, -0.2) is 0 Å². The molecule has 1 heterocycles. The number of aliphatic hydroxyl groups is 1. The van der Waals surface area contributed by atoms with Crippen molar-refractivity contribution < 1.29 is 9.90 Å². The van der Waals surface area contributed by atoms with Crippen molar-refractivity contribution in [1.82, 2.24) is 5.32 Å².